The number of nitriles is 1. The number of likely N-dealkylation sites (tertiary alicyclic amines) is 2. The van der Waals surface area contributed by atoms with Crippen molar-refractivity contribution in [3.8, 4) is 6.07 Å². The number of aromatic nitrogens is 1. The molecule has 7 heteroatoms. The Morgan fingerprint density at radius 2 is 2.10 bits per heavy atom. The van der Waals surface area contributed by atoms with Crippen molar-refractivity contribution in [2.75, 3.05) is 37.6 Å². The van der Waals surface area contributed by atoms with Crippen molar-refractivity contribution in [2.45, 2.75) is 44.4 Å². The molecule has 3 heterocycles. The molecule has 0 aliphatic carbocycles. The van der Waals surface area contributed by atoms with Gasteiger partial charge in [0.2, 0.25) is 5.91 Å². The second-order valence-corrected chi connectivity index (χ2v) is 8.20. The van der Waals surface area contributed by atoms with Crippen LogP contribution in [0.5, 0.6) is 0 Å². The minimum atomic E-state index is -1.09. The van der Waals surface area contributed by atoms with Crippen LogP contribution < -0.4 is 4.90 Å². The molecule has 0 saturated carbocycles. The van der Waals surface area contributed by atoms with Crippen LogP contribution in [0.15, 0.2) is 36.5 Å². The highest BCUT2D eigenvalue weighted by Crippen LogP contribution is 2.26. The van der Waals surface area contributed by atoms with E-state index in [2.05, 4.69) is 39.9 Å². The Morgan fingerprint density at radius 1 is 1.33 bits per heavy atom. The average molecular weight is 410 g/mol. The molecule has 4 rings (SSSR count). The molecular formula is C23H28FN5O. The zero-order valence-corrected chi connectivity index (χ0v) is 17.4. The van der Waals surface area contributed by atoms with Crippen LogP contribution in [0, 0.1) is 11.3 Å². The van der Waals surface area contributed by atoms with Crippen molar-refractivity contribution in [1.82, 2.24) is 14.8 Å². The van der Waals surface area contributed by atoms with Crippen molar-refractivity contribution >= 4 is 22.5 Å². The first kappa shape index (κ1) is 20.5. The zero-order chi connectivity index (χ0) is 21.1. The van der Waals surface area contributed by atoms with E-state index in [1.165, 1.54) is 4.90 Å². The average Bonchev–Trinajstić information content (AvgIpc) is 3.16. The second-order valence-electron chi connectivity index (χ2n) is 8.20. The normalized spacial score (nSPS) is 22.9. The number of alkyl halides is 1. The molecule has 0 bridgehead atoms. The minimum absolute atomic E-state index is 0.0477. The summed E-state index contributed by atoms with van der Waals surface area (Å²) in [7, 11) is 0. The van der Waals surface area contributed by atoms with E-state index in [1.807, 2.05) is 24.4 Å². The van der Waals surface area contributed by atoms with Gasteiger partial charge in [-0.05, 0) is 31.9 Å². The van der Waals surface area contributed by atoms with Gasteiger partial charge in [-0.15, -0.1) is 0 Å². The maximum absolute atomic E-state index is 13.6. The van der Waals surface area contributed by atoms with E-state index in [1.54, 1.807) is 0 Å². The summed E-state index contributed by atoms with van der Waals surface area (Å²) >= 11 is 0. The Balaban J connectivity index is 1.36. The van der Waals surface area contributed by atoms with E-state index < -0.39 is 12.2 Å². The number of piperidine rings is 1. The van der Waals surface area contributed by atoms with Gasteiger partial charge in [-0.2, -0.15) is 5.26 Å². The molecule has 30 heavy (non-hydrogen) atoms. The van der Waals surface area contributed by atoms with Crippen LogP contribution in [0.3, 0.4) is 0 Å². The van der Waals surface area contributed by atoms with E-state index in [-0.39, 0.29) is 25.4 Å². The van der Waals surface area contributed by atoms with Crippen molar-refractivity contribution in [1.29, 1.82) is 5.26 Å². The third-order valence-corrected chi connectivity index (χ3v) is 6.32. The van der Waals surface area contributed by atoms with Crippen LogP contribution >= 0.6 is 0 Å². The van der Waals surface area contributed by atoms with E-state index in [0.717, 1.165) is 49.1 Å². The number of fused-ring (bicyclic) bond motifs is 1. The Hall–Kier alpha value is -2.72. The molecule has 0 spiro atoms. The van der Waals surface area contributed by atoms with Gasteiger partial charge in [0, 0.05) is 37.5 Å². The lowest BCUT2D eigenvalue weighted by atomic mass is 10.0. The highest BCUT2D eigenvalue weighted by Gasteiger charge is 2.36. The second kappa shape index (κ2) is 8.97. The SMILES string of the molecule is CCN(c1cnc2ccccc2c1)C1CCN(CC(=O)N2C[C@@H](F)C[C@H]2C#N)CC1. The van der Waals surface area contributed by atoms with Gasteiger partial charge >= 0.3 is 0 Å². The third kappa shape index (κ3) is 4.24. The number of anilines is 1. The lowest BCUT2D eigenvalue weighted by Crippen LogP contribution is -2.49. The van der Waals surface area contributed by atoms with E-state index in [0.29, 0.717) is 6.04 Å². The fraction of sp³-hybridized carbons (Fsp3) is 0.522. The van der Waals surface area contributed by atoms with Crippen LogP contribution in [0.1, 0.15) is 26.2 Å². The number of amides is 1. The lowest BCUT2D eigenvalue weighted by molar-refractivity contribution is -0.132. The molecule has 2 atom stereocenters. The summed E-state index contributed by atoms with van der Waals surface area (Å²) in [6.45, 7) is 5.01. The molecule has 6 nitrogen and oxygen atoms in total. The summed E-state index contributed by atoms with van der Waals surface area (Å²) in [5, 5.41) is 10.3. The number of pyridine rings is 1. The molecule has 2 fully saturated rings. The largest absolute Gasteiger partial charge is 0.367 e. The van der Waals surface area contributed by atoms with Gasteiger partial charge in [0.25, 0.3) is 0 Å². The number of carbonyl (C=O) groups excluding carboxylic acids is 1. The van der Waals surface area contributed by atoms with E-state index >= 15 is 0 Å². The van der Waals surface area contributed by atoms with E-state index in [9.17, 15) is 14.4 Å². The number of rotatable bonds is 5. The minimum Gasteiger partial charge on any atom is -0.367 e. The van der Waals surface area contributed by atoms with Gasteiger partial charge in [0.05, 0.1) is 36.6 Å². The Kier molecular flexibility index (Phi) is 6.14. The van der Waals surface area contributed by atoms with Crippen LogP contribution in [-0.4, -0.2) is 71.7 Å². The summed E-state index contributed by atoms with van der Waals surface area (Å²) in [6.07, 6.45) is 2.92. The van der Waals surface area contributed by atoms with Gasteiger partial charge < -0.3 is 9.80 Å². The maximum atomic E-state index is 13.6. The zero-order valence-electron chi connectivity index (χ0n) is 17.4. The smallest absolute Gasteiger partial charge is 0.237 e. The predicted molar refractivity (Wildman–Crippen MR) is 115 cm³/mol. The van der Waals surface area contributed by atoms with Gasteiger partial charge in [-0.3, -0.25) is 14.7 Å². The molecule has 2 saturated heterocycles. The van der Waals surface area contributed by atoms with Crippen molar-refractivity contribution in [3.05, 3.63) is 36.5 Å². The third-order valence-electron chi connectivity index (χ3n) is 6.32. The fourth-order valence-electron chi connectivity index (χ4n) is 4.72. The molecule has 2 aromatic rings. The topological polar surface area (TPSA) is 63.5 Å². The first-order chi connectivity index (χ1) is 14.6. The van der Waals surface area contributed by atoms with Crippen LogP contribution in [0.25, 0.3) is 10.9 Å². The number of halogens is 1. The Labute approximate surface area is 176 Å². The van der Waals surface area contributed by atoms with Gasteiger partial charge in [-0.1, -0.05) is 18.2 Å². The quantitative estimate of drug-likeness (QED) is 0.760. The van der Waals surface area contributed by atoms with Crippen molar-refractivity contribution in [2.24, 2.45) is 0 Å². The number of benzene rings is 1. The van der Waals surface area contributed by atoms with Crippen LogP contribution in [-0.2, 0) is 4.79 Å². The number of hydrogen-bond acceptors (Lipinski definition) is 5. The molecule has 158 valence electrons. The van der Waals surface area contributed by atoms with E-state index in [4.69, 9.17) is 0 Å². The first-order valence-electron chi connectivity index (χ1n) is 10.8. The molecule has 0 unspecified atom stereocenters. The molecule has 1 aromatic carbocycles. The van der Waals surface area contributed by atoms with Crippen LogP contribution in [0.2, 0.25) is 0 Å². The molecule has 0 radical (unpaired) electrons. The highest BCUT2D eigenvalue weighted by atomic mass is 19.1. The summed E-state index contributed by atoms with van der Waals surface area (Å²) in [5.41, 5.74) is 2.13. The molecule has 2 aliphatic heterocycles. The Bertz CT molecular complexity index is 937. The lowest BCUT2D eigenvalue weighted by Gasteiger charge is -2.39. The number of nitrogens with zero attached hydrogens (tertiary/aromatic N) is 5. The van der Waals surface area contributed by atoms with Crippen LogP contribution in [0.4, 0.5) is 10.1 Å². The number of para-hydroxylation sites is 1. The Morgan fingerprint density at radius 3 is 2.83 bits per heavy atom. The first-order valence-corrected chi connectivity index (χ1v) is 10.8. The number of hydrogen-bond donors (Lipinski definition) is 0. The summed E-state index contributed by atoms with van der Waals surface area (Å²) in [5.74, 6) is -0.133. The highest BCUT2D eigenvalue weighted by molar-refractivity contribution is 5.81. The van der Waals surface area contributed by atoms with Crippen molar-refractivity contribution in [3.63, 3.8) is 0 Å². The maximum Gasteiger partial charge on any atom is 0.237 e. The van der Waals surface area contributed by atoms with Gasteiger partial charge in [0.15, 0.2) is 0 Å². The predicted octanol–water partition coefficient (Wildman–Crippen LogP) is 2.99. The monoisotopic (exact) mass is 409 g/mol. The summed E-state index contributed by atoms with van der Waals surface area (Å²) in [6, 6.07) is 12.2. The molecule has 1 amide bonds. The summed E-state index contributed by atoms with van der Waals surface area (Å²) < 4.78 is 13.6. The molecular weight excluding hydrogens is 381 g/mol. The summed E-state index contributed by atoms with van der Waals surface area (Å²) in [4.78, 5) is 23.1. The van der Waals surface area contributed by atoms with Crippen molar-refractivity contribution < 1.29 is 9.18 Å². The fourth-order valence-corrected chi connectivity index (χ4v) is 4.72. The number of carbonyl (C=O) groups is 1. The molecule has 1 aromatic heterocycles. The molecule has 0 N–H and O–H groups in total. The van der Waals surface area contributed by atoms with Gasteiger partial charge in [-0.25, -0.2) is 4.39 Å². The van der Waals surface area contributed by atoms with Gasteiger partial charge in [0.1, 0.15) is 12.2 Å². The molecule has 2 aliphatic rings. The standard InChI is InChI=1S/C23H28FN5O/c1-2-28(21-11-17-5-3-4-6-22(17)26-14-21)19-7-9-27(10-8-19)16-23(30)29-15-18(24)12-20(29)13-25/h3-6,11,14,18-20H,2,7-10,12,15-16H2,1H3/t18-,20-/m0/s1.